The molecule has 9 nitrogen and oxygen atoms in total. The minimum Gasteiger partial charge on any atom is -0.508 e. The number of hydrogen-bond donors (Lipinski definition) is 5. The van der Waals surface area contributed by atoms with Gasteiger partial charge in [-0.15, -0.1) is 0 Å². The number of ether oxygens (including phenoxy) is 1. The Morgan fingerprint density at radius 3 is 2.12 bits per heavy atom. The molecule has 2 aliphatic heterocycles. The number of benzene rings is 2. The van der Waals surface area contributed by atoms with E-state index in [1.54, 1.807) is 12.1 Å². The van der Waals surface area contributed by atoms with Gasteiger partial charge >= 0.3 is 5.97 Å². The number of carbonyl (C=O) groups is 1. The summed E-state index contributed by atoms with van der Waals surface area (Å²) in [6, 6.07) is 16.0. The Bertz CT molecular complexity index is 1110. The highest BCUT2D eigenvalue weighted by molar-refractivity contribution is 5.78. The number of hydrogen-bond acceptors (Lipinski definition) is 7. The molecule has 6 atom stereocenters. The number of nitrogens with one attached hydrogen (secondary N) is 1. The fourth-order valence-electron chi connectivity index (χ4n) is 6.28. The summed E-state index contributed by atoms with van der Waals surface area (Å²) in [6.45, 7) is 10.7. The quantitative estimate of drug-likeness (QED) is 0.222. The first-order chi connectivity index (χ1) is 19.3. The van der Waals surface area contributed by atoms with Crippen molar-refractivity contribution >= 4 is 5.97 Å². The maximum Gasteiger partial charge on any atom is 0.316 e. The molecule has 42 heavy (non-hydrogen) atoms. The van der Waals surface area contributed by atoms with Crippen molar-refractivity contribution in [2.75, 3.05) is 20.2 Å². The topological polar surface area (TPSA) is 151 Å². The lowest BCUT2D eigenvalue weighted by Gasteiger charge is -2.49. The van der Waals surface area contributed by atoms with Gasteiger partial charge in [-0.25, -0.2) is 0 Å². The van der Waals surface area contributed by atoms with E-state index in [9.17, 15) is 20.1 Å². The lowest BCUT2D eigenvalue weighted by Crippen LogP contribution is -2.62. The summed E-state index contributed by atoms with van der Waals surface area (Å²) in [4.78, 5) is 12.6. The van der Waals surface area contributed by atoms with E-state index < -0.39 is 12.0 Å². The van der Waals surface area contributed by atoms with Gasteiger partial charge in [0, 0.05) is 43.3 Å². The lowest BCUT2D eigenvalue weighted by atomic mass is 9.94. The molecule has 2 aromatic rings. The smallest absolute Gasteiger partial charge is 0.316 e. The van der Waals surface area contributed by atoms with Crippen LogP contribution in [0.3, 0.4) is 0 Å². The Morgan fingerprint density at radius 1 is 1.02 bits per heavy atom. The van der Waals surface area contributed by atoms with E-state index >= 15 is 0 Å². The Kier molecular flexibility index (Phi) is 13.0. The van der Waals surface area contributed by atoms with Crippen molar-refractivity contribution < 1.29 is 39.9 Å². The minimum atomic E-state index is -0.653. The molecule has 2 aromatic carbocycles. The molecule has 4 rings (SSSR count). The van der Waals surface area contributed by atoms with Gasteiger partial charge in [0.15, 0.2) is 0 Å². The molecule has 0 aromatic heterocycles. The van der Waals surface area contributed by atoms with Crippen molar-refractivity contribution in [3.05, 3.63) is 65.2 Å². The first-order valence-corrected chi connectivity index (χ1v) is 14.9. The molecule has 2 unspecified atom stereocenters. The highest BCUT2D eigenvalue weighted by atomic mass is 16.5. The summed E-state index contributed by atoms with van der Waals surface area (Å²) < 4.78 is 6.96. The van der Waals surface area contributed by atoms with E-state index in [0.29, 0.717) is 35.8 Å². The Labute approximate surface area is 251 Å². The zero-order valence-corrected chi connectivity index (χ0v) is 26.1. The predicted molar refractivity (Wildman–Crippen MR) is 164 cm³/mol. The molecule has 9 heteroatoms. The van der Waals surface area contributed by atoms with Crippen LogP contribution in [0.15, 0.2) is 48.5 Å². The van der Waals surface area contributed by atoms with Crippen molar-refractivity contribution in [1.29, 1.82) is 0 Å². The van der Waals surface area contributed by atoms with Gasteiger partial charge in [-0.3, -0.25) is 4.79 Å². The molecular weight excluding hydrogens is 536 g/mol. The number of nitrogens with zero attached hydrogens (tertiary/aromatic N) is 1. The van der Waals surface area contributed by atoms with E-state index in [1.807, 2.05) is 51.1 Å². The Morgan fingerprint density at radius 2 is 1.62 bits per heavy atom. The van der Waals surface area contributed by atoms with Crippen LogP contribution in [0.1, 0.15) is 89.0 Å². The van der Waals surface area contributed by atoms with Crippen molar-refractivity contribution in [2.24, 2.45) is 0 Å². The van der Waals surface area contributed by atoms with Gasteiger partial charge in [0.2, 0.25) is 0 Å². The fraction of sp³-hybridized carbons (Fsp3) is 0.606. The average molecular weight is 590 g/mol. The van der Waals surface area contributed by atoms with Gasteiger partial charge in [0.25, 0.3) is 0 Å². The van der Waals surface area contributed by atoms with E-state index in [1.165, 1.54) is 18.9 Å². The first-order valence-electron chi connectivity index (χ1n) is 14.9. The molecule has 2 saturated heterocycles. The molecular formula is C33H53N2O7+. The molecule has 2 bridgehead atoms. The second-order valence-corrected chi connectivity index (χ2v) is 13.1. The van der Waals surface area contributed by atoms with Gasteiger partial charge in [0.1, 0.15) is 17.8 Å². The SMILES string of the molecule is CC(C)(C)NCC(O)c1ccc(O)c(CO)c1.CC(C)[N@@+]1(C)[C@@H]2CC[C@H]1C[C@@H](OC(=O)C(CO)c1ccccc1)C2.O. The molecule has 7 N–H and O–H groups in total. The molecule has 0 radical (unpaired) electrons. The number of piperidine rings is 1. The van der Waals surface area contributed by atoms with Crippen LogP contribution < -0.4 is 5.32 Å². The number of β-amino-alcohol motifs (C(OH)–C–C–N with tert-alkyl or cyclic N) is 1. The summed E-state index contributed by atoms with van der Waals surface area (Å²) in [5, 5.41) is 41.3. The summed E-state index contributed by atoms with van der Waals surface area (Å²) >= 11 is 0. The third kappa shape index (κ3) is 8.75. The molecule has 2 fully saturated rings. The molecule has 0 spiro atoms. The van der Waals surface area contributed by atoms with Crippen LogP contribution >= 0.6 is 0 Å². The largest absolute Gasteiger partial charge is 0.508 e. The molecule has 0 saturated carbocycles. The van der Waals surface area contributed by atoms with Gasteiger partial charge in [-0.1, -0.05) is 36.4 Å². The van der Waals surface area contributed by atoms with Crippen LogP contribution in [0.4, 0.5) is 0 Å². The van der Waals surface area contributed by atoms with Crippen LogP contribution in [0.5, 0.6) is 5.75 Å². The van der Waals surface area contributed by atoms with E-state index in [0.717, 1.165) is 22.9 Å². The van der Waals surface area contributed by atoms with Crippen molar-refractivity contribution in [1.82, 2.24) is 5.32 Å². The number of esters is 1. The van der Waals surface area contributed by atoms with Crippen molar-refractivity contribution in [3.8, 4) is 5.75 Å². The third-order valence-electron chi connectivity index (χ3n) is 9.03. The van der Waals surface area contributed by atoms with Crippen LogP contribution in [0, 0.1) is 0 Å². The number of aliphatic hydroxyl groups excluding tert-OH is 3. The predicted octanol–water partition coefficient (Wildman–Crippen LogP) is 3.34. The molecule has 0 amide bonds. The number of aliphatic hydroxyl groups is 3. The summed E-state index contributed by atoms with van der Waals surface area (Å²) in [6.07, 6.45) is 3.71. The average Bonchev–Trinajstić information content (AvgIpc) is 3.09. The third-order valence-corrected chi connectivity index (χ3v) is 9.03. The van der Waals surface area contributed by atoms with Crippen molar-refractivity contribution in [2.45, 2.75) is 109 Å². The normalized spacial score (nSPS) is 24.7. The summed E-state index contributed by atoms with van der Waals surface area (Å²) in [5.74, 6) is -0.808. The number of quaternary nitrogens is 1. The van der Waals surface area contributed by atoms with Crippen LogP contribution in [-0.2, 0) is 16.1 Å². The zero-order valence-electron chi connectivity index (χ0n) is 26.1. The number of phenols is 1. The van der Waals surface area contributed by atoms with Crippen LogP contribution in [0.2, 0.25) is 0 Å². The van der Waals surface area contributed by atoms with Crippen LogP contribution in [-0.4, -0.2) is 86.3 Å². The van der Waals surface area contributed by atoms with E-state index in [4.69, 9.17) is 9.84 Å². The van der Waals surface area contributed by atoms with E-state index in [2.05, 4.69) is 26.2 Å². The number of fused-ring (bicyclic) bond motifs is 2. The van der Waals surface area contributed by atoms with E-state index in [-0.39, 0.29) is 42.1 Å². The number of carbonyl (C=O) groups excluding carboxylic acids is 1. The zero-order chi connectivity index (χ0) is 30.4. The highest BCUT2D eigenvalue weighted by Gasteiger charge is 2.53. The molecule has 2 heterocycles. The molecule has 236 valence electrons. The molecule has 0 aliphatic carbocycles. The second kappa shape index (κ2) is 15.3. The van der Waals surface area contributed by atoms with Gasteiger partial charge in [-0.05, 0) is 57.9 Å². The highest BCUT2D eigenvalue weighted by Crippen LogP contribution is 2.44. The number of aromatic hydroxyl groups is 1. The minimum absolute atomic E-state index is 0. The van der Waals surface area contributed by atoms with Gasteiger partial charge in [-0.2, -0.15) is 0 Å². The monoisotopic (exact) mass is 589 g/mol. The van der Waals surface area contributed by atoms with Gasteiger partial charge in [0.05, 0.1) is 44.5 Å². The molecule has 2 aliphatic rings. The fourth-order valence-corrected chi connectivity index (χ4v) is 6.28. The lowest BCUT2D eigenvalue weighted by molar-refractivity contribution is -0.968. The van der Waals surface area contributed by atoms with Crippen molar-refractivity contribution in [3.63, 3.8) is 0 Å². The maximum atomic E-state index is 12.6. The maximum absolute atomic E-state index is 12.6. The van der Waals surface area contributed by atoms with Crippen LogP contribution in [0.25, 0.3) is 0 Å². The summed E-state index contributed by atoms with van der Waals surface area (Å²) in [7, 11) is 2.37. The van der Waals surface area contributed by atoms with Gasteiger partial charge < -0.3 is 40.4 Å². The summed E-state index contributed by atoms with van der Waals surface area (Å²) in [5.41, 5.74) is 1.88. The Balaban J connectivity index is 0.000000305. The number of rotatable bonds is 9. The second-order valence-electron chi connectivity index (χ2n) is 13.1. The Hall–Kier alpha value is -2.53. The first kappa shape index (κ1) is 35.7. The standard InChI is InChI=1S/C20H30NO3.C13H21NO3.H2O/c1-14(2)21(3)16-9-10-17(21)12-18(11-16)24-20(23)19(13-22)15-7-5-4-6-8-15;1-13(2,3)14-7-12(17)9-4-5-11(16)10(6-9)8-15;/h4-8,14,16-19,22H,9-13H2,1-3H3;4-6,12,14-17H,7-8H2,1-3H3;1H2/q+1;;/t16-,17+,18+,19?,21+;;.